The SMILES string of the molecule is CCc1ccc(S(=O)(=O)NCC(=O)NCCN(C)C)s1. The maximum Gasteiger partial charge on any atom is 0.250 e. The Hall–Kier alpha value is -0.960. The third-order valence-corrected chi connectivity index (χ3v) is 5.68. The standard InChI is InChI=1S/C12H21N3O3S2/c1-4-10-5-6-12(19-10)20(17,18)14-9-11(16)13-7-8-15(2)3/h5-6,14H,4,7-9H2,1-3H3,(H,13,16). The Kier molecular flexibility index (Phi) is 6.60. The molecule has 0 aromatic carbocycles. The molecular formula is C12H21N3O3S2. The molecule has 1 heterocycles. The summed E-state index contributed by atoms with van der Waals surface area (Å²) in [7, 11) is 0.211. The van der Waals surface area contributed by atoms with Crippen molar-refractivity contribution in [2.45, 2.75) is 17.6 Å². The first kappa shape index (κ1) is 17.1. The highest BCUT2D eigenvalue weighted by Gasteiger charge is 2.17. The highest BCUT2D eigenvalue weighted by Crippen LogP contribution is 2.21. The zero-order valence-electron chi connectivity index (χ0n) is 12.0. The van der Waals surface area contributed by atoms with Gasteiger partial charge in [0.05, 0.1) is 6.54 Å². The number of thiophene rings is 1. The minimum absolute atomic E-state index is 0.241. The summed E-state index contributed by atoms with van der Waals surface area (Å²) < 4.78 is 26.5. The average molecular weight is 319 g/mol. The molecule has 114 valence electrons. The summed E-state index contributed by atoms with van der Waals surface area (Å²) in [4.78, 5) is 14.4. The van der Waals surface area contributed by atoms with Crippen LogP contribution in [0.4, 0.5) is 0 Å². The van der Waals surface area contributed by atoms with E-state index in [-0.39, 0.29) is 16.7 Å². The van der Waals surface area contributed by atoms with E-state index >= 15 is 0 Å². The highest BCUT2D eigenvalue weighted by atomic mass is 32.2. The van der Waals surface area contributed by atoms with Gasteiger partial charge in [-0.25, -0.2) is 13.1 Å². The number of carbonyl (C=O) groups is 1. The number of hydrogen-bond donors (Lipinski definition) is 2. The number of likely N-dealkylation sites (N-methyl/N-ethyl adjacent to an activating group) is 1. The minimum Gasteiger partial charge on any atom is -0.354 e. The number of nitrogens with one attached hydrogen (secondary N) is 2. The molecule has 0 radical (unpaired) electrons. The summed E-state index contributed by atoms with van der Waals surface area (Å²) in [6.45, 7) is 2.93. The predicted molar refractivity (Wildman–Crippen MR) is 80.4 cm³/mol. The molecule has 2 N–H and O–H groups in total. The number of carbonyl (C=O) groups excluding carboxylic acids is 1. The Morgan fingerprint density at radius 3 is 2.60 bits per heavy atom. The van der Waals surface area contributed by atoms with Crippen LogP contribution in [-0.4, -0.2) is 53.0 Å². The summed E-state index contributed by atoms with van der Waals surface area (Å²) >= 11 is 1.22. The van der Waals surface area contributed by atoms with Crippen LogP contribution in [0, 0.1) is 0 Å². The first-order chi connectivity index (χ1) is 9.35. The third-order valence-electron chi connectivity index (χ3n) is 2.55. The molecule has 0 aliphatic heterocycles. The molecule has 1 amide bonds. The van der Waals surface area contributed by atoms with Crippen molar-refractivity contribution >= 4 is 27.3 Å². The van der Waals surface area contributed by atoms with Crippen LogP contribution in [0.2, 0.25) is 0 Å². The first-order valence-corrected chi connectivity index (χ1v) is 8.65. The lowest BCUT2D eigenvalue weighted by atomic mass is 10.4. The van der Waals surface area contributed by atoms with Gasteiger partial charge in [0.2, 0.25) is 5.91 Å². The fraction of sp³-hybridized carbons (Fsp3) is 0.583. The summed E-state index contributed by atoms with van der Waals surface area (Å²) in [6, 6.07) is 3.35. The van der Waals surface area contributed by atoms with Gasteiger partial charge in [-0.3, -0.25) is 4.79 Å². The second-order valence-corrected chi connectivity index (χ2v) is 7.71. The van der Waals surface area contributed by atoms with Crippen LogP contribution >= 0.6 is 11.3 Å². The Morgan fingerprint density at radius 1 is 1.35 bits per heavy atom. The van der Waals surface area contributed by atoms with E-state index in [1.54, 1.807) is 12.1 Å². The van der Waals surface area contributed by atoms with Crippen LogP contribution in [0.1, 0.15) is 11.8 Å². The van der Waals surface area contributed by atoms with Gasteiger partial charge in [-0.05, 0) is 32.6 Å². The molecule has 8 heteroatoms. The monoisotopic (exact) mass is 319 g/mol. The van der Waals surface area contributed by atoms with E-state index in [0.29, 0.717) is 13.1 Å². The Balaban J connectivity index is 2.45. The molecule has 0 saturated carbocycles. The van der Waals surface area contributed by atoms with E-state index in [9.17, 15) is 13.2 Å². The minimum atomic E-state index is -3.59. The van der Waals surface area contributed by atoms with Crippen molar-refractivity contribution in [3.05, 3.63) is 17.0 Å². The van der Waals surface area contributed by atoms with E-state index in [1.165, 1.54) is 11.3 Å². The molecule has 1 aromatic rings. The summed E-state index contributed by atoms with van der Waals surface area (Å²) in [6.07, 6.45) is 0.797. The van der Waals surface area contributed by atoms with Crippen molar-refractivity contribution in [1.29, 1.82) is 0 Å². The molecule has 0 unspecified atom stereocenters. The number of hydrogen-bond acceptors (Lipinski definition) is 5. The Labute approximate surface area is 124 Å². The number of sulfonamides is 1. The number of amides is 1. The molecular weight excluding hydrogens is 298 g/mol. The second-order valence-electron chi connectivity index (χ2n) is 4.55. The van der Waals surface area contributed by atoms with Crippen molar-refractivity contribution in [2.24, 2.45) is 0 Å². The number of nitrogens with zero attached hydrogens (tertiary/aromatic N) is 1. The van der Waals surface area contributed by atoms with Gasteiger partial charge in [-0.2, -0.15) is 0 Å². The van der Waals surface area contributed by atoms with Gasteiger partial charge in [-0.15, -0.1) is 11.3 Å². The van der Waals surface area contributed by atoms with Crippen LogP contribution < -0.4 is 10.0 Å². The molecule has 20 heavy (non-hydrogen) atoms. The van der Waals surface area contributed by atoms with E-state index in [0.717, 1.165) is 11.3 Å². The van der Waals surface area contributed by atoms with Crippen LogP contribution in [0.25, 0.3) is 0 Å². The smallest absolute Gasteiger partial charge is 0.250 e. The molecule has 0 aliphatic rings. The summed E-state index contributed by atoms with van der Waals surface area (Å²) in [5, 5.41) is 2.65. The van der Waals surface area contributed by atoms with Gasteiger partial charge in [-0.1, -0.05) is 6.92 Å². The second kappa shape index (κ2) is 7.72. The van der Waals surface area contributed by atoms with Crippen molar-refractivity contribution in [1.82, 2.24) is 14.9 Å². The van der Waals surface area contributed by atoms with Gasteiger partial charge in [0.15, 0.2) is 0 Å². The zero-order valence-corrected chi connectivity index (χ0v) is 13.6. The van der Waals surface area contributed by atoms with E-state index in [2.05, 4.69) is 10.0 Å². The zero-order chi connectivity index (χ0) is 15.2. The van der Waals surface area contributed by atoms with Crippen LogP contribution in [0.5, 0.6) is 0 Å². The molecule has 6 nitrogen and oxygen atoms in total. The van der Waals surface area contributed by atoms with Gasteiger partial charge < -0.3 is 10.2 Å². The topological polar surface area (TPSA) is 78.5 Å². The lowest BCUT2D eigenvalue weighted by molar-refractivity contribution is -0.119. The van der Waals surface area contributed by atoms with Crippen LogP contribution in [-0.2, 0) is 21.2 Å². The molecule has 0 spiro atoms. The maximum atomic E-state index is 12.0. The van der Waals surface area contributed by atoms with Gasteiger partial charge in [0.1, 0.15) is 4.21 Å². The molecule has 1 aromatic heterocycles. The fourth-order valence-corrected chi connectivity index (χ4v) is 3.73. The molecule has 1 rings (SSSR count). The van der Waals surface area contributed by atoms with Crippen LogP contribution in [0.15, 0.2) is 16.3 Å². The molecule has 0 fully saturated rings. The molecule has 0 aliphatic carbocycles. The largest absolute Gasteiger partial charge is 0.354 e. The van der Waals surface area contributed by atoms with E-state index in [4.69, 9.17) is 0 Å². The van der Waals surface area contributed by atoms with E-state index in [1.807, 2.05) is 25.9 Å². The van der Waals surface area contributed by atoms with Gasteiger partial charge in [0, 0.05) is 18.0 Å². The Morgan fingerprint density at radius 2 is 2.05 bits per heavy atom. The third kappa shape index (κ3) is 5.58. The molecule has 0 saturated heterocycles. The van der Waals surface area contributed by atoms with Crippen molar-refractivity contribution in [3.8, 4) is 0 Å². The van der Waals surface area contributed by atoms with Crippen molar-refractivity contribution in [3.63, 3.8) is 0 Å². The lowest BCUT2D eigenvalue weighted by Gasteiger charge is -2.10. The maximum absolute atomic E-state index is 12.0. The predicted octanol–water partition coefficient (Wildman–Crippen LogP) is 0.267. The summed E-state index contributed by atoms with van der Waals surface area (Å²) in [5.74, 6) is -0.331. The summed E-state index contributed by atoms with van der Waals surface area (Å²) in [5.41, 5.74) is 0. The van der Waals surface area contributed by atoms with Crippen molar-refractivity contribution < 1.29 is 13.2 Å². The first-order valence-electron chi connectivity index (χ1n) is 6.35. The average Bonchev–Trinajstić information content (AvgIpc) is 2.85. The normalized spacial score (nSPS) is 11.8. The van der Waals surface area contributed by atoms with E-state index < -0.39 is 10.0 Å². The molecule has 0 atom stereocenters. The van der Waals surface area contributed by atoms with Crippen molar-refractivity contribution in [2.75, 3.05) is 33.7 Å². The molecule has 0 bridgehead atoms. The van der Waals surface area contributed by atoms with Gasteiger partial charge >= 0.3 is 0 Å². The highest BCUT2D eigenvalue weighted by molar-refractivity contribution is 7.91. The lowest BCUT2D eigenvalue weighted by Crippen LogP contribution is -2.39. The van der Waals surface area contributed by atoms with Crippen LogP contribution in [0.3, 0.4) is 0 Å². The number of aryl methyl sites for hydroxylation is 1. The van der Waals surface area contributed by atoms with Gasteiger partial charge in [0.25, 0.3) is 10.0 Å². The number of rotatable bonds is 8. The quantitative estimate of drug-likeness (QED) is 0.721. The Bertz CT molecular complexity index is 538. The fourth-order valence-electron chi connectivity index (χ4n) is 1.41.